The molecule has 1 aromatic heterocycles. The largest absolute Gasteiger partial charge is 0.456 e. The molecule has 0 amide bonds. The van der Waals surface area contributed by atoms with Gasteiger partial charge in [-0.25, -0.2) is 0 Å². The van der Waals surface area contributed by atoms with Gasteiger partial charge in [0.1, 0.15) is 11.2 Å². The van der Waals surface area contributed by atoms with Gasteiger partial charge in [0.2, 0.25) is 0 Å². The second-order valence-corrected chi connectivity index (χ2v) is 10.7. The second-order valence-electron chi connectivity index (χ2n) is 10.7. The van der Waals surface area contributed by atoms with E-state index in [0.29, 0.717) is 27.9 Å². The minimum Gasteiger partial charge on any atom is -0.456 e. The molecule has 1 nitrogen and oxygen atoms in total. The van der Waals surface area contributed by atoms with Crippen molar-refractivity contribution in [1.82, 2.24) is 0 Å². The van der Waals surface area contributed by atoms with Crippen molar-refractivity contribution < 1.29 is 15.4 Å². The topological polar surface area (TPSA) is 13.1 Å². The molecular formula is C42H26O. The predicted octanol–water partition coefficient (Wildman–Crippen LogP) is 12.0. The molecule has 8 aromatic carbocycles. The maximum Gasteiger partial charge on any atom is 0.136 e. The van der Waals surface area contributed by atoms with Crippen LogP contribution >= 0.6 is 0 Å². The van der Waals surface area contributed by atoms with Gasteiger partial charge >= 0.3 is 0 Å². The minimum absolute atomic E-state index is 0.163. The SMILES string of the molecule is [2H]c1c([2H])c([2H])c2c(-c3cc4ccccc4cc3-c3ccccc3)c3c([2H])c([2H])c([2H])c([2H])c3c(-c3ccc4c(c3)oc3ccccc34)c2c1[2H]. The first kappa shape index (κ1) is 17.3. The second kappa shape index (κ2) is 9.44. The van der Waals surface area contributed by atoms with Crippen LogP contribution in [0.25, 0.3) is 87.6 Å². The lowest BCUT2D eigenvalue weighted by molar-refractivity contribution is 0.669. The van der Waals surface area contributed by atoms with E-state index in [1.807, 2.05) is 103 Å². The monoisotopic (exact) mass is 554 g/mol. The minimum atomic E-state index is -0.438. The van der Waals surface area contributed by atoms with Gasteiger partial charge in [0.15, 0.2) is 0 Å². The third-order valence-corrected chi connectivity index (χ3v) is 8.28. The number of fused-ring (bicyclic) bond motifs is 6. The first-order chi connectivity index (χ1) is 24.7. The molecule has 43 heavy (non-hydrogen) atoms. The highest BCUT2D eigenvalue weighted by atomic mass is 16.3. The lowest BCUT2D eigenvalue weighted by Gasteiger charge is -2.20. The van der Waals surface area contributed by atoms with E-state index in [1.165, 1.54) is 0 Å². The molecule has 9 aromatic rings. The van der Waals surface area contributed by atoms with E-state index in [9.17, 15) is 5.48 Å². The highest BCUT2D eigenvalue weighted by molar-refractivity contribution is 6.23. The van der Waals surface area contributed by atoms with Crippen molar-refractivity contribution >= 4 is 54.3 Å². The molecule has 0 aliphatic rings. The summed E-state index contributed by atoms with van der Waals surface area (Å²) in [6.45, 7) is 0. The zero-order chi connectivity index (χ0) is 35.3. The number of para-hydroxylation sites is 1. The summed E-state index contributed by atoms with van der Waals surface area (Å²) in [5.74, 6) is 0. The molecule has 0 spiro atoms. The zero-order valence-corrected chi connectivity index (χ0v) is 22.8. The van der Waals surface area contributed by atoms with Gasteiger partial charge in [0.05, 0.1) is 11.0 Å². The summed E-state index contributed by atoms with van der Waals surface area (Å²) in [5, 5.41) is 4.26. The maximum absolute atomic E-state index is 9.41. The van der Waals surface area contributed by atoms with Crippen LogP contribution in [-0.4, -0.2) is 0 Å². The number of benzene rings is 8. The standard InChI is InChI=1S/C42H26O/c1-2-12-27(13-3-1)37-24-28-14-4-5-15-29(28)25-38(37)42-35-19-8-6-17-33(35)41(34-18-7-9-20-36(34)42)30-22-23-32-31-16-10-11-21-39(31)43-40(32)26-30/h1-26H/i6D,7D,8D,9D,17D,18D,19D,20D. The Bertz CT molecular complexity index is 2870. The Hall–Kier alpha value is -5.66. The predicted molar refractivity (Wildman–Crippen MR) is 183 cm³/mol. The molecule has 0 aliphatic heterocycles. The van der Waals surface area contributed by atoms with Crippen LogP contribution in [0.1, 0.15) is 11.0 Å². The average Bonchev–Trinajstić information content (AvgIpc) is 3.54. The number of furan rings is 1. The van der Waals surface area contributed by atoms with Gasteiger partial charge in [-0.2, -0.15) is 0 Å². The highest BCUT2D eigenvalue weighted by Gasteiger charge is 2.20. The van der Waals surface area contributed by atoms with Gasteiger partial charge in [-0.15, -0.1) is 0 Å². The highest BCUT2D eigenvalue weighted by Crippen LogP contribution is 2.47. The maximum atomic E-state index is 9.41. The Morgan fingerprint density at radius 1 is 0.395 bits per heavy atom. The van der Waals surface area contributed by atoms with E-state index in [0.717, 1.165) is 32.7 Å². The van der Waals surface area contributed by atoms with E-state index < -0.39 is 24.2 Å². The molecule has 0 saturated heterocycles. The van der Waals surface area contributed by atoms with E-state index >= 15 is 0 Å². The van der Waals surface area contributed by atoms with Gasteiger partial charge in [-0.1, -0.05) is 127 Å². The van der Waals surface area contributed by atoms with E-state index in [-0.39, 0.29) is 51.3 Å². The van der Waals surface area contributed by atoms with Crippen molar-refractivity contribution in [2.75, 3.05) is 0 Å². The zero-order valence-electron chi connectivity index (χ0n) is 30.8. The van der Waals surface area contributed by atoms with Crippen LogP contribution in [-0.2, 0) is 0 Å². The van der Waals surface area contributed by atoms with Crippen LogP contribution in [0, 0.1) is 0 Å². The van der Waals surface area contributed by atoms with Crippen LogP contribution in [0.15, 0.2) is 162 Å². The lowest BCUT2D eigenvalue weighted by Crippen LogP contribution is -1.93. The summed E-state index contributed by atoms with van der Waals surface area (Å²) < 4.78 is 79.1. The van der Waals surface area contributed by atoms with Crippen LogP contribution in [0.4, 0.5) is 0 Å². The van der Waals surface area contributed by atoms with Crippen LogP contribution in [0.5, 0.6) is 0 Å². The molecule has 1 heterocycles. The van der Waals surface area contributed by atoms with Crippen LogP contribution in [0.2, 0.25) is 0 Å². The third-order valence-electron chi connectivity index (χ3n) is 8.28. The van der Waals surface area contributed by atoms with Crippen LogP contribution in [0.3, 0.4) is 0 Å². The summed E-state index contributed by atoms with van der Waals surface area (Å²) in [6, 6.07) is 31.6. The molecule has 0 saturated carbocycles. The Kier molecular flexibility index (Phi) is 3.80. The van der Waals surface area contributed by atoms with E-state index in [1.54, 1.807) is 6.07 Å². The summed E-state index contributed by atoms with van der Waals surface area (Å²) in [5.41, 5.74) is 4.52. The molecule has 0 bridgehead atoms. The van der Waals surface area contributed by atoms with Crippen molar-refractivity contribution in [3.05, 3.63) is 158 Å². The van der Waals surface area contributed by atoms with Crippen molar-refractivity contribution in [3.63, 3.8) is 0 Å². The van der Waals surface area contributed by atoms with Gasteiger partial charge in [0, 0.05) is 10.8 Å². The summed E-state index contributed by atoms with van der Waals surface area (Å²) >= 11 is 0. The van der Waals surface area contributed by atoms with Crippen molar-refractivity contribution in [2.24, 2.45) is 0 Å². The average molecular weight is 555 g/mol. The molecule has 0 radical (unpaired) electrons. The van der Waals surface area contributed by atoms with Gasteiger partial charge in [-0.05, 0) is 96.0 Å². The quantitative estimate of drug-likeness (QED) is 0.198. The fourth-order valence-electron chi connectivity index (χ4n) is 6.37. The third kappa shape index (κ3) is 3.72. The first-order valence-corrected chi connectivity index (χ1v) is 14.1. The molecule has 1 heteroatoms. The van der Waals surface area contributed by atoms with Crippen LogP contribution < -0.4 is 0 Å². The van der Waals surface area contributed by atoms with E-state index in [2.05, 4.69) is 0 Å². The summed E-state index contributed by atoms with van der Waals surface area (Å²) in [6.07, 6.45) is 0. The summed E-state index contributed by atoms with van der Waals surface area (Å²) in [7, 11) is 0. The number of hydrogen-bond donors (Lipinski definition) is 0. The van der Waals surface area contributed by atoms with Crippen molar-refractivity contribution in [1.29, 1.82) is 0 Å². The normalized spacial score (nSPS) is 14.3. The number of rotatable bonds is 3. The fourth-order valence-corrected chi connectivity index (χ4v) is 6.37. The van der Waals surface area contributed by atoms with Crippen molar-refractivity contribution in [2.45, 2.75) is 0 Å². The molecule has 0 N–H and O–H groups in total. The Morgan fingerprint density at radius 3 is 1.65 bits per heavy atom. The Morgan fingerprint density at radius 2 is 0.953 bits per heavy atom. The molecule has 0 fully saturated rings. The smallest absolute Gasteiger partial charge is 0.136 e. The lowest BCUT2D eigenvalue weighted by atomic mass is 9.83. The first-order valence-electron chi connectivity index (χ1n) is 18.1. The molecule has 0 aliphatic carbocycles. The molecule has 9 rings (SSSR count). The summed E-state index contributed by atoms with van der Waals surface area (Å²) in [4.78, 5) is 0. The van der Waals surface area contributed by atoms with E-state index in [4.69, 9.17) is 9.90 Å². The molecule has 0 unspecified atom stereocenters. The van der Waals surface area contributed by atoms with Gasteiger partial charge in [0.25, 0.3) is 0 Å². The molecule has 200 valence electrons. The molecular weight excluding hydrogens is 520 g/mol. The van der Waals surface area contributed by atoms with Gasteiger partial charge < -0.3 is 4.42 Å². The molecule has 0 atom stereocenters. The Labute approximate surface area is 260 Å². The van der Waals surface area contributed by atoms with Gasteiger partial charge in [-0.3, -0.25) is 0 Å². The number of hydrogen-bond acceptors (Lipinski definition) is 1. The Balaban J connectivity index is 1.56. The fraction of sp³-hybridized carbons (Fsp3) is 0. The van der Waals surface area contributed by atoms with Crippen molar-refractivity contribution in [3.8, 4) is 33.4 Å².